The van der Waals surface area contributed by atoms with Crippen molar-refractivity contribution >= 4 is 22.0 Å². The summed E-state index contributed by atoms with van der Waals surface area (Å²) in [6.07, 6.45) is 0.353. The molecule has 20 heavy (non-hydrogen) atoms. The lowest BCUT2D eigenvalue weighted by molar-refractivity contribution is -0.142. The number of methoxy groups -OCH3 is 1. The highest BCUT2D eigenvalue weighted by Gasteiger charge is 2.32. The molecule has 1 fully saturated rings. The first-order chi connectivity index (χ1) is 9.36. The molecule has 0 amide bonds. The Hall–Kier alpha value is -1.19. The van der Waals surface area contributed by atoms with E-state index in [4.69, 9.17) is 9.84 Å². The number of carbonyl (C=O) groups excluding carboxylic acids is 1. The van der Waals surface area contributed by atoms with Crippen LogP contribution in [0.5, 0.6) is 0 Å². The van der Waals surface area contributed by atoms with Crippen LogP contribution in [0.4, 0.5) is 0 Å². The van der Waals surface area contributed by atoms with Crippen LogP contribution in [-0.4, -0.2) is 57.1 Å². The fraction of sp³-hybridized carbons (Fsp3) is 0.818. The minimum Gasteiger partial charge on any atom is -0.480 e. The summed E-state index contributed by atoms with van der Waals surface area (Å²) in [5.41, 5.74) is 0. The van der Waals surface area contributed by atoms with Crippen molar-refractivity contribution in [3.63, 3.8) is 0 Å². The Kier molecular flexibility index (Phi) is 6.37. The van der Waals surface area contributed by atoms with Gasteiger partial charge in [0.25, 0.3) is 0 Å². The average Bonchev–Trinajstić information content (AvgIpc) is 2.43. The first-order valence-corrected chi connectivity index (χ1v) is 7.80. The highest BCUT2D eigenvalue weighted by atomic mass is 32.2. The van der Waals surface area contributed by atoms with Gasteiger partial charge in [-0.15, -0.1) is 0 Å². The molecule has 0 bridgehead atoms. The van der Waals surface area contributed by atoms with Crippen LogP contribution < -0.4 is 4.72 Å². The third kappa shape index (κ3) is 5.06. The van der Waals surface area contributed by atoms with Crippen molar-refractivity contribution in [3.05, 3.63) is 0 Å². The second-order valence-corrected chi connectivity index (χ2v) is 6.47. The van der Waals surface area contributed by atoms with E-state index >= 15 is 0 Å². The molecule has 0 aromatic carbocycles. The predicted molar refractivity (Wildman–Crippen MR) is 68.6 cm³/mol. The summed E-state index contributed by atoms with van der Waals surface area (Å²) >= 11 is 0. The molecule has 1 atom stereocenters. The van der Waals surface area contributed by atoms with Crippen molar-refractivity contribution in [2.45, 2.75) is 37.0 Å². The Morgan fingerprint density at radius 2 is 2.00 bits per heavy atom. The predicted octanol–water partition coefficient (Wildman–Crippen LogP) is -0.509. The van der Waals surface area contributed by atoms with Gasteiger partial charge in [0, 0.05) is 19.6 Å². The molecular weight excluding hydrogens is 290 g/mol. The van der Waals surface area contributed by atoms with Crippen molar-refractivity contribution < 1.29 is 32.6 Å². The SMILES string of the molecule is COC(=O)CC[C@@H](NS(=O)(=O)C1CCOCC1)C(=O)O. The van der Waals surface area contributed by atoms with Crippen molar-refractivity contribution in [1.82, 2.24) is 4.72 Å². The zero-order valence-corrected chi connectivity index (χ0v) is 12.0. The van der Waals surface area contributed by atoms with Gasteiger partial charge in [0.2, 0.25) is 10.0 Å². The quantitative estimate of drug-likeness (QED) is 0.608. The third-order valence-electron chi connectivity index (χ3n) is 3.08. The van der Waals surface area contributed by atoms with Crippen LogP contribution in [0.2, 0.25) is 0 Å². The summed E-state index contributed by atoms with van der Waals surface area (Å²) in [7, 11) is -2.56. The minimum absolute atomic E-state index is 0.148. The number of hydrogen-bond acceptors (Lipinski definition) is 6. The molecule has 9 heteroatoms. The maximum Gasteiger partial charge on any atom is 0.321 e. The Balaban J connectivity index is 2.63. The van der Waals surface area contributed by atoms with Crippen LogP contribution in [0.3, 0.4) is 0 Å². The normalized spacial score (nSPS) is 18.4. The van der Waals surface area contributed by atoms with E-state index in [1.807, 2.05) is 0 Å². The van der Waals surface area contributed by atoms with Crippen molar-refractivity contribution in [2.75, 3.05) is 20.3 Å². The Morgan fingerprint density at radius 1 is 1.40 bits per heavy atom. The Labute approximate surface area is 117 Å². The molecule has 0 aromatic heterocycles. The van der Waals surface area contributed by atoms with E-state index in [1.54, 1.807) is 0 Å². The first-order valence-electron chi connectivity index (χ1n) is 6.25. The largest absolute Gasteiger partial charge is 0.480 e. The van der Waals surface area contributed by atoms with E-state index in [9.17, 15) is 18.0 Å². The molecule has 1 aliphatic heterocycles. The molecule has 0 aliphatic carbocycles. The fourth-order valence-electron chi connectivity index (χ4n) is 1.88. The number of esters is 1. The summed E-state index contributed by atoms with van der Waals surface area (Å²) in [5, 5.41) is 8.36. The smallest absolute Gasteiger partial charge is 0.321 e. The van der Waals surface area contributed by atoms with Gasteiger partial charge in [-0.25, -0.2) is 13.1 Å². The lowest BCUT2D eigenvalue weighted by Gasteiger charge is -2.24. The summed E-state index contributed by atoms with van der Waals surface area (Å²) < 4.78 is 35.8. The van der Waals surface area contributed by atoms with Gasteiger partial charge in [-0.1, -0.05) is 0 Å². The van der Waals surface area contributed by atoms with E-state index < -0.39 is 33.3 Å². The van der Waals surface area contributed by atoms with Gasteiger partial charge in [-0.05, 0) is 19.3 Å². The number of carboxylic acids is 1. The van der Waals surface area contributed by atoms with Crippen molar-refractivity contribution in [1.29, 1.82) is 0 Å². The van der Waals surface area contributed by atoms with Crippen LogP contribution in [-0.2, 0) is 29.1 Å². The van der Waals surface area contributed by atoms with Crippen LogP contribution >= 0.6 is 0 Å². The Morgan fingerprint density at radius 3 is 2.50 bits per heavy atom. The van der Waals surface area contributed by atoms with Gasteiger partial charge in [0.15, 0.2) is 0 Å². The van der Waals surface area contributed by atoms with Crippen LogP contribution in [0.15, 0.2) is 0 Å². The van der Waals surface area contributed by atoms with Crippen LogP contribution in [0.1, 0.15) is 25.7 Å². The summed E-state index contributed by atoms with van der Waals surface area (Å²) in [4.78, 5) is 22.1. The molecule has 1 aliphatic rings. The summed E-state index contributed by atoms with van der Waals surface area (Å²) in [5.74, 6) is -1.90. The molecule has 0 spiro atoms. The van der Waals surface area contributed by atoms with Crippen molar-refractivity contribution in [3.8, 4) is 0 Å². The zero-order valence-electron chi connectivity index (χ0n) is 11.2. The van der Waals surface area contributed by atoms with E-state index in [0.29, 0.717) is 26.1 Å². The second-order valence-electron chi connectivity index (χ2n) is 4.48. The number of rotatable bonds is 7. The van der Waals surface area contributed by atoms with E-state index in [0.717, 1.165) is 0 Å². The number of carbonyl (C=O) groups is 2. The molecule has 2 N–H and O–H groups in total. The molecule has 0 saturated carbocycles. The van der Waals surface area contributed by atoms with Gasteiger partial charge in [0.05, 0.1) is 12.4 Å². The summed E-state index contributed by atoms with van der Waals surface area (Å²) in [6.45, 7) is 0.678. The van der Waals surface area contributed by atoms with Gasteiger partial charge in [-0.3, -0.25) is 9.59 Å². The lowest BCUT2D eigenvalue weighted by atomic mass is 10.2. The zero-order chi connectivity index (χ0) is 15.2. The van der Waals surface area contributed by atoms with Crippen LogP contribution in [0.25, 0.3) is 0 Å². The van der Waals surface area contributed by atoms with E-state index in [2.05, 4.69) is 9.46 Å². The molecular formula is C11H19NO7S. The minimum atomic E-state index is -3.75. The number of nitrogens with one attached hydrogen (secondary N) is 1. The molecule has 0 aromatic rings. The Bertz CT molecular complexity index is 442. The molecule has 1 saturated heterocycles. The van der Waals surface area contributed by atoms with E-state index in [1.165, 1.54) is 7.11 Å². The van der Waals surface area contributed by atoms with Gasteiger partial charge in [-0.2, -0.15) is 0 Å². The summed E-state index contributed by atoms with van der Waals surface area (Å²) in [6, 6.07) is -1.33. The number of aliphatic carboxylic acids is 1. The highest BCUT2D eigenvalue weighted by molar-refractivity contribution is 7.90. The lowest BCUT2D eigenvalue weighted by Crippen LogP contribution is -2.46. The van der Waals surface area contributed by atoms with Gasteiger partial charge in [0.1, 0.15) is 6.04 Å². The molecule has 1 heterocycles. The monoisotopic (exact) mass is 309 g/mol. The maximum absolute atomic E-state index is 12.1. The van der Waals surface area contributed by atoms with Crippen molar-refractivity contribution in [2.24, 2.45) is 0 Å². The molecule has 116 valence electrons. The van der Waals surface area contributed by atoms with E-state index in [-0.39, 0.29) is 12.8 Å². The number of hydrogen-bond donors (Lipinski definition) is 2. The molecule has 1 rings (SSSR count). The fourth-order valence-corrected chi connectivity index (χ4v) is 3.50. The highest BCUT2D eigenvalue weighted by Crippen LogP contribution is 2.16. The topological polar surface area (TPSA) is 119 Å². The molecule has 0 radical (unpaired) electrons. The number of carboxylic acid groups (broad SMARTS) is 1. The number of ether oxygens (including phenoxy) is 2. The second kappa shape index (κ2) is 7.55. The third-order valence-corrected chi connectivity index (χ3v) is 5.04. The van der Waals surface area contributed by atoms with Crippen LogP contribution in [0, 0.1) is 0 Å². The van der Waals surface area contributed by atoms with Gasteiger partial charge < -0.3 is 14.6 Å². The maximum atomic E-state index is 12.1. The van der Waals surface area contributed by atoms with Gasteiger partial charge >= 0.3 is 11.9 Å². The molecule has 8 nitrogen and oxygen atoms in total. The number of sulfonamides is 1. The average molecular weight is 309 g/mol. The molecule has 0 unspecified atom stereocenters. The standard InChI is InChI=1S/C11H19NO7S/c1-18-10(13)3-2-9(11(14)15)12-20(16,17)8-4-6-19-7-5-8/h8-9,12H,2-7H2,1H3,(H,14,15)/t9-/m1/s1. The first kappa shape index (κ1) is 16.9.